The zero-order valence-corrected chi connectivity index (χ0v) is 10.7. The smallest absolute Gasteiger partial charge is 0.0234 e. The molecule has 1 aromatic carbocycles. The van der Waals surface area contributed by atoms with Crippen molar-refractivity contribution in [2.24, 2.45) is 5.73 Å². The molecule has 90 valence electrons. The number of likely N-dealkylation sites (tertiary alicyclic amines) is 1. The van der Waals surface area contributed by atoms with E-state index in [9.17, 15) is 0 Å². The van der Waals surface area contributed by atoms with Gasteiger partial charge in [-0.1, -0.05) is 29.8 Å². The maximum atomic E-state index is 5.97. The molecule has 2 nitrogen and oxygen atoms in total. The molecule has 2 rings (SSSR count). The van der Waals surface area contributed by atoms with Gasteiger partial charge in [-0.3, -0.25) is 4.90 Å². The average Bonchev–Trinajstić information content (AvgIpc) is 2.17. The molecule has 1 aromatic rings. The Morgan fingerprint density at radius 3 is 2.94 bits per heavy atom. The lowest BCUT2D eigenvalue weighted by Gasteiger charge is -2.30. The highest BCUT2D eigenvalue weighted by Gasteiger charge is 2.16. The van der Waals surface area contributed by atoms with Crippen LogP contribution in [0.5, 0.6) is 0 Å². The summed E-state index contributed by atoms with van der Waals surface area (Å²) in [6.45, 7) is 5.44. The summed E-state index contributed by atoms with van der Waals surface area (Å²) < 4.78 is 0. The lowest BCUT2D eigenvalue weighted by molar-refractivity contribution is 0.201. The number of halogens is 1. The van der Waals surface area contributed by atoms with Gasteiger partial charge in [0.1, 0.15) is 0 Å². The molecule has 0 amide bonds. The molecule has 1 aliphatic heterocycles. The molecule has 0 saturated carbocycles. The Balaban J connectivity index is 0.00000128. The van der Waals surface area contributed by atoms with Crippen molar-refractivity contribution in [3.05, 3.63) is 35.4 Å². The van der Waals surface area contributed by atoms with Crippen LogP contribution in [0.2, 0.25) is 0 Å². The second kappa shape index (κ2) is 6.24. The summed E-state index contributed by atoms with van der Waals surface area (Å²) in [4.78, 5) is 2.46. The van der Waals surface area contributed by atoms with Gasteiger partial charge in [-0.25, -0.2) is 0 Å². The zero-order valence-electron chi connectivity index (χ0n) is 9.86. The van der Waals surface area contributed by atoms with Gasteiger partial charge >= 0.3 is 0 Å². The van der Waals surface area contributed by atoms with E-state index >= 15 is 0 Å². The molecule has 1 unspecified atom stereocenters. The molecule has 0 radical (unpaired) electrons. The highest BCUT2D eigenvalue weighted by molar-refractivity contribution is 5.85. The fourth-order valence-corrected chi connectivity index (χ4v) is 2.30. The number of nitrogens with zero attached hydrogens (tertiary/aromatic N) is 1. The maximum Gasteiger partial charge on any atom is 0.0234 e. The number of hydrogen-bond donors (Lipinski definition) is 1. The third-order valence-corrected chi connectivity index (χ3v) is 3.03. The van der Waals surface area contributed by atoms with E-state index in [1.165, 1.54) is 30.5 Å². The van der Waals surface area contributed by atoms with Crippen molar-refractivity contribution in [3.8, 4) is 0 Å². The van der Waals surface area contributed by atoms with Crippen LogP contribution in [-0.4, -0.2) is 24.0 Å². The normalized spacial score (nSPS) is 21.5. The third kappa shape index (κ3) is 3.78. The summed E-state index contributed by atoms with van der Waals surface area (Å²) in [7, 11) is 0. The van der Waals surface area contributed by atoms with Crippen LogP contribution >= 0.6 is 12.4 Å². The van der Waals surface area contributed by atoms with Gasteiger partial charge in [-0.2, -0.15) is 0 Å². The van der Waals surface area contributed by atoms with Gasteiger partial charge in [0.05, 0.1) is 0 Å². The van der Waals surface area contributed by atoms with Crippen LogP contribution < -0.4 is 5.73 Å². The molecule has 0 bridgehead atoms. The van der Waals surface area contributed by atoms with Gasteiger partial charge in [-0.15, -0.1) is 12.4 Å². The average molecular weight is 241 g/mol. The fraction of sp³-hybridized carbons (Fsp3) is 0.538. The molecule has 1 aliphatic rings. The van der Waals surface area contributed by atoms with E-state index in [4.69, 9.17) is 5.73 Å². The van der Waals surface area contributed by atoms with Gasteiger partial charge in [0.15, 0.2) is 0 Å². The van der Waals surface area contributed by atoms with Crippen molar-refractivity contribution in [2.45, 2.75) is 32.4 Å². The molecular formula is C13H21ClN2. The van der Waals surface area contributed by atoms with Crippen LogP contribution in [0.25, 0.3) is 0 Å². The Labute approximate surface area is 104 Å². The van der Waals surface area contributed by atoms with Crippen molar-refractivity contribution < 1.29 is 0 Å². The minimum atomic E-state index is 0. The zero-order chi connectivity index (χ0) is 10.7. The molecule has 1 saturated heterocycles. The van der Waals surface area contributed by atoms with Crippen LogP contribution in [0.1, 0.15) is 24.0 Å². The van der Waals surface area contributed by atoms with Crippen molar-refractivity contribution in [1.29, 1.82) is 0 Å². The van der Waals surface area contributed by atoms with Gasteiger partial charge in [0.2, 0.25) is 0 Å². The monoisotopic (exact) mass is 240 g/mol. The van der Waals surface area contributed by atoms with Crippen LogP contribution in [0.4, 0.5) is 0 Å². The highest BCUT2D eigenvalue weighted by Crippen LogP contribution is 2.13. The van der Waals surface area contributed by atoms with E-state index in [-0.39, 0.29) is 12.4 Å². The summed E-state index contributed by atoms with van der Waals surface area (Å²) in [5.74, 6) is 0. The quantitative estimate of drug-likeness (QED) is 0.860. The summed E-state index contributed by atoms with van der Waals surface area (Å²) in [5.41, 5.74) is 8.72. The number of aryl methyl sites for hydroxylation is 1. The lowest BCUT2D eigenvalue weighted by atomic mass is 10.1. The molecule has 1 fully saturated rings. The van der Waals surface area contributed by atoms with E-state index in [0.29, 0.717) is 6.04 Å². The Morgan fingerprint density at radius 2 is 2.25 bits per heavy atom. The minimum Gasteiger partial charge on any atom is -0.327 e. The first-order valence-electron chi connectivity index (χ1n) is 5.77. The third-order valence-electron chi connectivity index (χ3n) is 3.03. The molecule has 0 aromatic heterocycles. The van der Waals surface area contributed by atoms with Crippen LogP contribution in [-0.2, 0) is 6.54 Å². The molecule has 0 aliphatic carbocycles. The number of rotatable bonds is 2. The molecule has 3 heteroatoms. The van der Waals surface area contributed by atoms with Gasteiger partial charge in [0, 0.05) is 19.1 Å². The van der Waals surface area contributed by atoms with Gasteiger partial charge in [0.25, 0.3) is 0 Å². The highest BCUT2D eigenvalue weighted by atomic mass is 35.5. The molecule has 1 heterocycles. The largest absolute Gasteiger partial charge is 0.327 e. The Hall–Kier alpha value is -0.570. The summed E-state index contributed by atoms with van der Waals surface area (Å²) in [6.07, 6.45) is 2.43. The summed E-state index contributed by atoms with van der Waals surface area (Å²) >= 11 is 0. The molecule has 16 heavy (non-hydrogen) atoms. The fourth-order valence-electron chi connectivity index (χ4n) is 2.30. The molecule has 0 spiro atoms. The van der Waals surface area contributed by atoms with E-state index in [0.717, 1.165) is 13.1 Å². The van der Waals surface area contributed by atoms with Gasteiger partial charge in [-0.05, 0) is 31.9 Å². The lowest BCUT2D eigenvalue weighted by Crippen LogP contribution is -2.42. The minimum absolute atomic E-state index is 0. The molecule has 2 N–H and O–H groups in total. The molecule has 1 atom stereocenters. The van der Waals surface area contributed by atoms with E-state index in [1.807, 2.05) is 0 Å². The van der Waals surface area contributed by atoms with Crippen LogP contribution in [0, 0.1) is 6.92 Å². The predicted octanol–water partition coefficient (Wildman–Crippen LogP) is 2.34. The van der Waals surface area contributed by atoms with Crippen molar-refractivity contribution in [2.75, 3.05) is 13.1 Å². The van der Waals surface area contributed by atoms with Crippen molar-refractivity contribution in [3.63, 3.8) is 0 Å². The second-order valence-electron chi connectivity index (χ2n) is 4.63. The maximum absolute atomic E-state index is 5.97. The SMILES string of the molecule is Cc1cccc(CN2CCCC(N)C2)c1.Cl. The Kier molecular flexibility index (Phi) is 5.26. The number of nitrogens with two attached hydrogens (primary N) is 1. The first-order valence-corrected chi connectivity index (χ1v) is 5.77. The number of benzene rings is 1. The van der Waals surface area contributed by atoms with Crippen LogP contribution in [0.15, 0.2) is 24.3 Å². The molecular weight excluding hydrogens is 220 g/mol. The summed E-state index contributed by atoms with van der Waals surface area (Å²) in [5, 5.41) is 0. The first-order chi connectivity index (χ1) is 7.24. The van der Waals surface area contributed by atoms with E-state index in [2.05, 4.69) is 36.1 Å². The Morgan fingerprint density at radius 1 is 1.44 bits per heavy atom. The summed E-state index contributed by atoms with van der Waals surface area (Å²) in [6, 6.07) is 9.12. The number of piperidine rings is 1. The first kappa shape index (κ1) is 13.5. The second-order valence-corrected chi connectivity index (χ2v) is 4.63. The Bertz CT molecular complexity index is 327. The van der Waals surface area contributed by atoms with E-state index < -0.39 is 0 Å². The standard InChI is InChI=1S/C13H20N2.ClH/c1-11-4-2-5-12(8-11)9-15-7-3-6-13(14)10-15;/h2,4-5,8,13H,3,6-7,9-10,14H2,1H3;1H. The van der Waals surface area contributed by atoms with Crippen LogP contribution in [0.3, 0.4) is 0 Å². The topological polar surface area (TPSA) is 29.3 Å². The number of hydrogen-bond acceptors (Lipinski definition) is 2. The van der Waals surface area contributed by atoms with Crippen molar-refractivity contribution >= 4 is 12.4 Å². The predicted molar refractivity (Wildman–Crippen MR) is 70.9 cm³/mol. The van der Waals surface area contributed by atoms with E-state index in [1.54, 1.807) is 0 Å². The van der Waals surface area contributed by atoms with Crippen molar-refractivity contribution in [1.82, 2.24) is 4.90 Å². The van der Waals surface area contributed by atoms with Gasteiger partial charge < -0.3 is 5.73 Å².